The molecule has 0 saturated heterocycles. The predicted octanol–water partition coefficient (Wildman–Crippen LogP) is 1.17. The summed E-state index contributed by atoms with van der Waals surface area (Å²) in [4.78, 5) is 0. The summed E-state index contributed by atoms with van der Waals surface area (Å²) in [5.74, 6) is 0.682. The second kappa shape index (κ2) is 5.28. The van der Waals surface area contributed by atoms with Gasteiger partial charge in [0.05, 0.1) is 13.3 Å². The van der Waals surface area contributed by atoms with E-state index < -0.39 is 5.60 Å². The van der Waals surface area contributed by atoms with E-state index in [2.05, 4.69) is 17.3 Å². The van der Waals surface area contributed by atoms with Crippen LogP contribution in [0.5, 0.6) is 5.75 Å². The number of nitrogens with one attached hydrogen (secondary N) is 1. The molecule has 1 aliphatic rings. The van der Waals surface area contributed by atoms with Crippen molar-refractivity contribution in [2.24, 2.45) is 7.05 Å². The number of hydrogen-bond acceptors (Lipinski definition) is 4. The maximum absolute atomic E-state index is 10.8. The Bertz CT molecular complexity index is 395. The number of nitrogens with zero attached hydrogens (tertiary/aromatic N) is 2. The van der Waals surface area contributed by atoms with E-state index in [9.17, 15) is 5.11 Å². The van der Waals surface area contributed by atoms with E-state index in [0.29, 0.717) is 11.8 Å². The molecule has 18 heavy (non-hydrogen) atoms. The van der Waals surface area contributed by atoms with Crippen molar-refractivity contribution in [2.75, 3.05) is 13.7 Å². The van der Waals surface area contributed by atoms with Crippen LogP contribution in [0, 0.1) is 0 Å². The molecule has 0 atom stereocenters. The lowest BCUT2D eigenvalue weighted by molar-refractivity contribution is -0.0169. The van der Waals surface area contributed by atoms with Gasteiger partial charge in [-0.25, -0.2) is 0 Å². The zero-order valence-corrected chi connectivity index (χ0v) is 11.4. The van der Waals surface area contributed by atoms with Gasteiger partial charge in [0.2, 0.25) is 0 Å². The summed E-state index contributed by atoms with van der Waals surface area (Å²) < 4.78 is 7.03. The summed E-state index contributed by atoms with van der Waals surface area (Å²) in [6, 6.07) is 0.523. The van der Waals surface area contributed by atoms with Crippen LogP contribution in [0.4, 0.5) is 0 Å². The fourth-order valence-electron chi connectivity index (χ4n) is 2.92. The smallest absolute Gasteiger partial charge is 0.162 e. The molecule has 0 radical (unpaired) electrons. The highest BCUT2D eigenvalue weighted by atomic mass is 16.5. The number of aliphatic hydroxyl groups is 1. The molecule has 0 amide bonds. The quantitative estimate of drug-likeness (QED) is 0.845. The molecule has 1 aromatic rings. The number of aryl methyl sites for hydroxylation is 1. The molecule has 102 valence electrons. The molecular weight excluding hydrogens is 230 g/mol. The van der Waals surface area contributed by atoms with Crippen LogP contribution in [0.1, 0.15) is 38.3 Å². The van der Waals surface area contributed by atoms with E-state index in [1.165, 1.54) is 0 Å². The Morgan fingerprint density at radius 3 is 2.78 bits per heavy atom. The van der Waals surface area contributed by atoms with Gasteiger partial charge in [-0.15, -0.1) is 0 Å². The Balaban J connectivity index is 2.15. The minimum atomic E-state index is -0.803. The van der Waals surface area contributed by atoms with Gasteiger partial charge in [-0.1, -0.05) is 6.92 Å². The standard InChI is InChI=1S/C13H23N3O2/c1-4-14-10-5-7-13(17,8-6-10)12-11(18-3)9-15-16(12)2/h9-10,14,17H,4-8H2,1-3H3. The van der Waals surface area contributed by atoms with E-state index in [-0.39, 0.29) is 0 Å². The Kier molecular flexibility index (Phi) is 3.92. The van der Waals surface area contributed by atoms with E-state index >= 15 is 0 Å². The topological polar surface area (TPSA) is 59.3 Å². The van der Waals surface area contributed by atoms with Gasteiger partial charge >= 0.3 is 0 Å². The molecule has 0 bridgehead atoms. The summed E-state index contributed by atoms with van der Waals surface area (Å²) in [6.07, 6.45) is 5.14. The first-order chi connectivity index (χ1) is 8.60. The van der Waals surface area contributed by atoms with Crippen molar-refractivity contribution in [1.82, 2.24) is 15.1 Å². The monoisotopic (exact) mass is 253 g/mol. The molecule has 1 heterocycles. The van der Waals surface area contributed by atoms with Crippen LogP contribution < -0.4 is 10.1 Å². The molecule has 2 N–H and O–H groups in total. The molecular formula is C13H23N3O2. The third-order valence-electron chi connectivity index (χ3n) is 3.87. The third-order valence-corrected chi connectivity index (χ3v) is 3.87. The molecule has 5 heteroatoms. The van der Waals surface area contributed by atoms with Gasteiger partial charge in [0.25, 0.3) is 0 Å². The van der Waals surface area contributed by atoms with Crippen molar-refractivity contribution in [3.05, 3.63) is 11.9 Å². The van der Waals surface area contributed by atoms with Crippen molar-refractivity contribution < 1.29 is 9.84 Å². The largest absolute Gasteiger partial charge is 0.493 e. The number of hydrogen-bond donors (Lipinski definition) is 2. The Morgan fingerprint density at radius 1 is 1.56 bits per heavy atom. The lowest BCUT2D eigenvalue weighted by atomic mass is 9.79. The van der Waals surface area contributed by atoms with Crippen LogP contribution in [-0.4, -0.2) is 34.6 Å². The normalized spacial score (nSPS) is 28.3. The van der Waals surface area contributed by atoms with Gasteiger partial charge < -0.3 is 15.2 Å². The highest BCUT2D eigenvalue weighted by Gasteiger charge is 2.39. The van der Waals surface area contributed by atoms with Gasteiger partial charge in [-0.3, -0.25) is 4.68 Å². The average Bonchev–Trinajstić information content (AvgIpc) is 2.75. The van der Waals surface area contributed by atoms with Crippen LogP contribution in [0.15, 0.2) is 6.20 Å². The minimum absolute atomic E-state index is 0.523. The second-order valence-electron chi connectivity index (χ2n) is 5.05. The molecule has 5 nitrogen and oxygen atoms in total. The zero-order valence-electron chi connectivity index (χ0n) is 11.4. The summed E-state index contributed by atoms with van der Waals surface area (Å²) in [6.45, 7) is 3.10. The van der Waals surface area contributed by atoms with E-state index in [0.717, 1.165) is 37.9 Å². The molecule has 0 aliphatic heterocycles. The molecule has 0 aromatic carbocycles. The van der Waals surface area contributed by atoms with Crippen LogP contribution in [0.2, 0.25) is 0 Å². The summed E-state index contributed by atoms with van der Waals surface area (Å²) >= 11 is 0. The molecule has 1 aliphatic carbocycles. The number of methoxy groups -OCH3 is 1. The van der Waals surface area contributed by atoms with Crippen molar-refractivity contribution >= 4 is 0 Å². The second-order valence-corrected chi connectivity index (χ2v) is 5.05. The van der Waals surface area contributed by atoms with E-state index in [1.807, 2.05) is 7.05 Å². The number of aromatic nitrogens is 2. The average molecular weight is 253 g/mol. The van der Waals surface area contributed by atoms with Gasteiger partial charge in [-0.05, 0) is 32.2 Å². The van der Waals surface area contributed by atoms with Gasteiger partial charge in [0.1, 0.15) is 11.3 Å². The van der Waals surface area contributed by atoms with Gasteiger partial charge in [0, 0.05) is 13.1 Å². The Hall–Kier alpha value is -1.07. The predicted molar refractivity (Wildman–Crippen MR) is 69.6 cm³/mol. The van der Waals surface area contributed by atoms with Crippen LogP contribution >= 0.6 is 0 Å². The highest BCUT2D eigenvalue weighted by molar-refractivity contribution is 5.31. The van der Waals surface area contributed by atoms with Crippen LogP contribution in [0.3, 0.4) is 0 Å². The maximum atomic E-state index is 10.8. The first-order valence-corrected chi connectivity index (χ1v) is 6.63. The van der Waals surface area contributed by atoms with Crippen molar-refractivity contribution in [3.63, 3.8) is 0 Å². The van der Waals surface area contributed by atoms with Gasteiger partial charge in [-0.2, -0.15) is 5.10 Å². The molecule has 1 aromatic heterocycles. The lowest BCUT2D eigenvalue weighted by Crippen LogP contribution is -2.40. The fourth-order valence-corrected chi connectivity index (χ4v) is 2.92. The van der Waals surface area contributed by atoms with Crippen LogP contribution in [-0.2, 0) is 12.6 Å². The lowest BCUT2D eigenvalue weighted by Gasteiger charge is -2.36. The first kappa shape index (κ1) is 13.4. The Labute approximate surface area is 108 Å². The summed E-state index contributed by atoms with van der Waals surface area (Å²) in [5, 5.41) is 18.5. The first-order valence-electron chi connectivity index (χ1n) is 6.63. The minimum Gasteiger partial charge on any atom is -0.493 e. The third kappa shape index (κ3) is 2.37. The fraction of sp³-hybridized carbons (Fsp3) is 0.769. The van der Waals surface area contributed by atoms with Crippen LogP contribution in [0.25, 0.3) is 0 Å². The molecule has 1 saturated carbocycles. The maximum Gasteiger partial charge on any atom is 0.162 e. The zero-order chi connectivity index (χ0) is 13.2. The number of rotatable bonds is 4. The van der Waals surface area contributed by atoms with E-state index in [1.54, 1.807) is 18.0 Å². The molecule has 1 fully saturated rings. The van der Waals surface area contributed by atoms with Crippen molar-refractivity contribution in [3.8, 4) is 5.75 Å². The van der Waals surface area contributed by atoms with Crippen molar-refractivity contribution in [1.29, 1.82) is 0 Å². The van der Waals surface area contributed by atoms with E-state index in [4.69, 9.17) is 4.74 Å². The number of ether oxygens (including phenoxy) is 1. The molecule has 0 spiro atoms. The molecule has 0 unspecified atom stereocenters. The highest BCUT2D eigenvalue weighted by Crippen LogP contribution is 2.40. The summed E-state index contributed by atoms with van der Waals surface area (Å²) in [5.41, 5.74) is 0.00245. The SMILES string of the molecule is CCNC1CCC(O)(c2c(OC)cnn2C)CC1. The Morgan fingerprint density at radius 2 is 2.22 bits per heavy atom. The van der Waals surface area contributed by atoms with Gasteiger partial charge in [0.15, 0.2) is 5.75 Å². The van der Waals surface area contributed by atoms with Crippen molar-refractivity contribution in [2.45, 2.75) is 44.2 Å². The summed E-state index contributed by atoms with van der Waals surface area (Å²) in [7, 11) is 3.47. The molecule has 2 rings (SSSR count).